The smallest absolute Gasteiger partial charge is 0.243 e. The molecule has 5 nitrogen and oxygen atoms in total. The number of amides is 1. The van der Waals surface area contributed by atoms with Crippen LogP contribution in [0.4, 0.5) is 0 Å². The molecular weight excluding hydrogens is 300 g/mol. The summed E-state index contributed by atoms with van der Waals surface area (Å²) in [6, 6.07) is 3.80. The van der Waals surface area contributed by atoms with Crippen LogP contribution in [0.1, 0.15) is 24.8 Å². The minimum Gasteiger partial charge on any atom is -0.368 e. The number of halogens is 1. The second-order valence-electron chi connectivity index (χ2n) is 4.94. The molecule has 110 valence electrons. The molecule has 2 rings (SSSR count). The van der Waals surface area contributed by atoms with Crippen LogP contribution in [0.5, 0.6) is 0 Å². The lowest BCUT2D eigenvalue weighted by molar-refractivity contribution is -0.122. The molecule has 0 aliphatic carbocycles. The number of carbonyl (C=O) groups excluding carboxylic acids is 1. The van der Waals surface area contributed by atoms with Gasteiger partial charge in [-0.05, 0) is 37.5 Å². The molecule has 20 heavy (non-hydrogen) atoms. The highest BCUT2D eigenvalue weighted by molar-refractivity contribution is 7.89. The van der Waals surface area contributed by atoms with Crippen LogP contribution in [0, 0.1) is 6.92 Å². The number of aryl methyl sites for hydroxylation is 1. The zero-order valence-corrected chi connectivity index (χ0v) is 12.7. The molecule has 1 aromatic rings. The van der Waals surface area contributed by atoms with Gasteiger partial charge >= 0.3 is 0 Å². The van der Waals surface area contributed by atoms with E-state index in [1.165, 1.54) is 16.4 Å². The van der Waals surface area contributed by atoms with Crippen LogP contribution in [0.3, 0.4) is 0 Å². The lowest BCUT2D eigenvalue weighted by atomic mass is 10.0. The third-order valence-corrected chi connectivity index (χ3v) is 5.84. The Morgan fingerprint density at radius 1 is 1.40 bits per heavy atom. The fraction of sp³-hybridized carbons (Fsp3) is 0.462. The number of nitrogens with two attached hydrogens (primary N) is 1. The van der Waals surface area contributed by atoms with Crippen molar-refractivity contribution in [1.29, 1.82) is 0 Å². The van der Waals surface area contributed by atoms with E-state index < -0.39 is 22.0 Å². The summed E-state index contributed by atoms with van der Waals surface area (Å²) < 4.78 is 26.4. The number of hydrogen-bond donors (Lipinski definition) is 1. The molecule has 1 fully saturated rings. The maximum Gasteiger partial charge on any atom is 0.243 e. The predicted octanol–water partition coefficient (Wildman–Crippen LogP) is 1.68. The van der Waals surface area contributed by atoms with Gasteiger partial charge in [-0.2, -0.15) is 4.31 Å². The molecule has 1 saturated heterocycles. The average Bonchev–Trinajstić information content (AvgIpc) is 2.41. The van der Waals surface area contributed by atoms with Crippen LogP contribution in [-0.2, 0) is 14.8 Å². The third-order valence-electron chi connectivity index (χ3n) is 3.53. The van der Waals surface area contributed by atoms with E-state index in [2.05, 4.69) is 0 Å². The topological polar surface area (TPSA) is 80.5 Å². The Morgan fingerprint density at radius 3 is 2.70 bits per heavy atom. The molecular formula is C13H17ClN2O3S. The van der Waals surface area contributed by atoms with Crippen molar-refractivity contribution in [1.82, 2.24) is 4.31 Å². The maximum atomic E-state index is 12.6. The highest BCUT2D eigenvalue weighted by atomic mass is 35.5. The highest BCUT2D eigenvalue weighted by Crippen LogP contribution is 2.27. The Bertz CT molecular complexity index is 631. The number of rotatable bonds is 3. The van der Waals surface area contributed by atoms with Gasteiger partial charge in [-0.3, -0.25) is 4.79 Å². The van der Waals surface area contributed by atoms with Crippen LogP contribution in [0.25, 0.3) is 0 Å². The molecule has 0 aromatic heterocycles. The Morgan fingerprint density at radius 2 is 2.10 bits per heavy atom. The van der Waals surface area contributed by atoms with Gasteiger partial charge in [0.2, 0.25) is 15.9 Å². The second kappa shape index (κ2) is 5.71. The molecule has 0 unspecified atom stereocenters. The van der Waals surface area contributed by atoms with Gasteiger partial charge in [0.05, 0.1) is 4.90 Å². The minimum absolute atomic E-state index is 0.0984. The zero-order valence-electron chi connectivity index (χ0n) is 11.2. The Balaban J connectivity index is 2.42. The Hall–Kier alpha value is -1.11. The standard InChI is InChI=1S/C13H17ClN2O3S/c1-9-5-6-10(8-11(9)14)20(18,19)16-7-3-2-4-12(16)13(15)17/h5-6,8,12H,2-4,7H2,1H3,(H2,15,17)/t12-/m0/s1. The van der Waals surface area contributed by atoms with Crippen LogP contribution in [-0.4, -0.2) is 31.2 Å². The van der Waals surface area contributed by atoms with Gasteiger partial charge in [-0.25, -0.2) is 8.42 Å². The van der Waals surface area contributed by atoms with Gasteiger partial charge in [0, 0.05) is 11.6 Å². The number of piperidine rings is 1. The summed E-state index contributed by atoms with van der Waals surface area (Å²) in [5.74, 6) is -0.605. The summed E-state index contributed by atoms with van der Waals surface area (Å²) in [6.07, 6.45) is 1.99. The molecule has 0 radical (unpaired) electrons. The van der Waals surface area contributed by atoms with Gasteiger partial charge < -0.3 is 5.73 Å². The van der Waals surface area contributed by atoms with E-state index >= 15 is 0 Å². The Labute approximate surface area is 123 Å². The van der Waals surface area contributed by atoms with Crippen molar-refractivity contribution in [3.63, 3.8) is 0 Å². The fourth-order valence-electron chi connectivity index (χ4n) is 2.35. The van der Waals surface area contributed by atoms with Crippen LogP contribution in [0.2, 0.25) is 5.02 Å². The van der Waals surface area contributed by atoms with Gasteiger partial charge in [-0.15, -0.1) is 0 Å². The van der Waals surface area contributed by atoms with Gasteiger partial charge in [0.15, 0.2) is 0 Å². The Kier molecular flexibility index (Phi) is 4.36. The molecule has 1 aromatic carbocycles. The number of nitrogens with zero attached hydrogens (tertiary/aromatic N) is 1. The summed E-state index contributed by atoms with van der Waals surface area (Å²) in [5.41, 5.74) is 6.12. The highest BCUT2D eigenvalue weighted by Gasteiger charge is 2.36. The van der Waals surface area contributed by atoms with Crippen LogP contribution in [0.15, 0.2) is 23.1 Å². The van der Waals surface area contributed by atoms with Crippen molar-refractivity contribution in [3.05, 3.63) is 28.8 Å². The first kappa shape index (κ1) is 15.3. The quantitative estimate of drug-likeness (QED) is 0.921. The normalized spacial score (nSPS) is 20.8. The van der Waals surface area contributed by atoms with Gasteiger partial charge in [-0.1, -0.05) is 24.1 Å². The first-order valence-corrected chi connectivity index (χ1v) is 8.23. The van der Waals surface area contributed by atoms with E-state index in [0.717, 1.165) is 18.4 Å². The SMILES string of the molecule is Cc1ccc(S(=O)(=O)N2CCCC[C@H]2C(N)=O)cc1Cl. The molecule has 0 bridgehead atoms. The first-order chi connectivity index (χ1) is 9.34. The lowest BCUT2D eigenvalue weighted by Crippen LogP contribution is -2.50. The van der Waals surface area contributed by atoms with Crippen molar-refractivity contribution in [2.75, 3.05) is 6.54 Å². The summed E-state index contributed by atoms with van der Waals surface area (Å²) in [7, 11) is -3.75. The van der Waals surface area contributed by atoms with Gasteiger partial charge in [0.25, 0.3) is 0 Å². The molecule has 1 aliphatic rings. The summed E-state index contributed by atoms with van der Waals surface area (Å²) in [5, 5.41) is 0.388. The fourth-order valence-corrected chi connectivity index (χ4v) is 4.28. The molecule has 1 aliphatic heterocycles. The molecule has 1 heterocycles. The summed E-state index contributed by atoms with van der Waals surface area (Å²) in [4.78, 5) is 11.6. The molecule has 0 spiro atoms. The molecule has 1 atom stereocenters. The largest absolute Gasteiger partial charge is 0.368 e. The van der Waals surface area contributed by atoms with Crippen molar-refractivity contribution < 1.29 is 13.2 Å². The number of hydrogen-bond acceptors (Lipinski definition) is 3. The van der Waals surface area contributed by atoms with Crippen molar-refractivity contribution in [3.8, 4) is 0 Å². The van der Waals surface area contributed by atoms with E-state index in [1.807, 2.05) is 0 Å². The van der Waals surface area contributed by atoms with Crippen molar-refractivity contribution in [2.45, 2.75) is 37.1 Å². The van der Waals surface area contributed by atoms with E-state index in [4.69, 9.17) is 17.3 Å². The van der Waals surface area contributed by atoms with Crippen molar-refractivity contribution >= 4 is 27.5 Å². The first-order valence-electron chi connectivity index (χ1n) is 6.41. The summed E-state index contributed by atoms with van der Waals surface area (Å²) >= 11 is 5.98. The van der Waals surface area contributed by atoms with E-state index in [0.29, 0.717) is 18.0 Å². The molecule has 7 heteroatoms. The maximum absolute atomic E-state index is 12.6. The zero-order chi connectivity index (χ0) is 14.9. The van der Waals surface area contributed by atoms with Crippen LogP contribution < -0.4 is 5.73 Å². The number of benzene rings is 1. The molecule has 1 amide bonds. The average molecular weight is 317 g/mol. The molecule has 2 N–H and O–H groups in total. The number of carbonyl (C=O) groups is 1. The van der Waals surface area contributed by atoms with Gasteiger partial charge in [0.1, 0.15) is 6.04 Å². The monoisotopic (exact) mass is 316 g/mol. The molecule has 0 saturated carbocycles. The second-order valence-corrected chi connectivity index (χ2v) is 7.24. The lowest BCUT2D eigenvalue weighted by Gasteiger charge is -2.32. The summed E-state index contributed by atoms with van der Waals surface area (Å²) in [6.45, 7) is 2.10. The van der Waals surface area contributed by atoms with E-state index in [1.54, 1.807) is 13.0 Å². The minimum atomic E-state index is -3.75. The third kappa shape index (κ3) is 2.82. The number of primary amides is 1. The van der Waals surface area contributed by atoms with E-state index in [9.17, 15) is 13.2 Å². The predicted molar refractivity (Wildman–Crippen MR) is 76.9 cm³/mol. The van der Waals surface area contributed by atoms with Crippen LogP contribution >= 0.6 is 11.6 Å². The van der Waals surface area contributed by atoms with Crippen molar-refractivity contribution in [2.24, 2.45) is 5.73 Å². The van der Waals surface area contributed by atoms with E-state index in [-0.39, 0.29) is 4.90 Å². The number of sulfonamides is 1.